The van der Waals surface area contributed by atoms with E-state index in [-0.39, 0.29) is 0 Å². The van der Waals surface area contributed by atoms with Crippen molar-refractivity contribution in [2.75, 3.05) is 31.2 Å². The summed E-state index contributed by atoms with van der Waals surface area (Å²) in [6.07, 6.45) is 2.04. The molecule has 0 unspecified atom stereocenters. The predicted octanol–water partition coefficient (Wildman–Crippen LogP) is 2.46. The number of nitrogens with one attached hydrogen (secondary N) is 1. The van der Waals surface area contributed by atoms with Crippen molar-refractivity contribution < 1.29 is 4.74 Å². The van der Waals surface area contributed by atoms with Crippen LogP contribution in [0.4, 0.5) is 5.13 Å². The molecular formula is C18H21N5OS. The molecule has 0 atom stereocenters. The number of benzene rings is 1. The zero-order chi connectivity index (χ0) is 16.9. The molecule has 4 rings (SSSR count). The largest absolute Gasteiger partial charge is 0.378 e. The van der Waals surface area contributed by atoms with Crippen LogP contribution in [0.15, 0.2) is 48.7 Å². The van der Waals surface area contributed by atoms with Gasteiger partial charge in [-0.25, -0.2) is 0 Å². The molecule has 3 heterocycles. The molecule has 0 amide bonds. The first-order valence-corrected chi connectivity index (χ1v) is 9.29. The van der Waals surface area contributed by atoms with Crippen molar-refractivity contribution in [3.05, 3.63) is 59.9 Å². The summed E-state index contributed by atoms with van der Waals surface area (Å²) in [5.41, 5.74) is 2.46. The van der Waals surface area contributed by atoms with Gasteiger partial charge >= 0.3 is 0 Å². The molecule has 1 aromatic carbocycles. The lowest BCUT2D eigenvalue weighted by molar-refractivity contribution is 0.122. The maximum atomic E-state index is 5.40. The van der Waals surface area contributed by atoms with Crippen LogP contribution in [0.1, 0.15) is 11.3 Å². The van der Waals surface area contributed by atoms with Gasteiger partial charge in [0, 0.05) is 38.1 Å². The highest BCUT2D eigenvalue weighted by molar-refractivity contribution is 7.17. The maximum absolute atomic E-state index is 5.40. The molecule has 1 fully saturated rings. The Balaban J connectivity index is 1.41. The summed E-state index contributed by atoms with van der Waals surface area (Å²) in [6.45, 7) is 4.91. The molecule has 130 valence electrons. The van der Waals surface area contributed by atoms with Crippen LogP contribution in [0, 0.1) is 0 Å². The molecule has 3 aromatic rings. The number of hydrogen-bond donors (Lipinski definition) is 1. The first-order valence-electron chi connectivity index (χ1n) is 8.47. The van der Waals surface area contributed by atoms with Crippen LogP contribution in [0.5, 0.6) is 0 Å². The molecule has 0 bridgehead atoms. The second-order valence-corrected chi connectivity index (χ2v) is 6.86. The Morgan fingerprint density at radius 3 is 2.60 bits per heavy atom. The van der Waals surface area contributed by atoms with E-state index in [2.05, 4.69) is 61.4 Å². The molecule has 2 aromatic heterocycles. The third-order valence-electron chi connectivity index (χ3n) is 4.20. The summed E-state index contributed by atoms with van der Waals surface area (Å²) in [6, 6.07) is 14.6. The van der Waals surface area contributed by atoms with E-state index in [1.54, 1.807) is 11.3 Å². The Morgan fingerprint density at radius 2 is 1.76 bits per heavy atom. The molecule has 0 aliphatic carbocycles. The number of nitrogens with zero attached hydrogens (tertiary/aromatic N) is 4. The van der Waals surface area contributed by atoms with Crippen LogP contribution in [-0.4, -0.2) is 41.1 Å². The number of ether oxygens (including phenoxy) is 1. The number of anilines is 1. The Hall–Kier alpha value is -2.22. The standard InChI is InChI=1S/C18H21N5OS/c1-2-5-15(6-3-1)13-19-14-16-7-4-8-23(16)18-21-20-17(25-18)22-9-11-24-12-10-22/h1-8,19H,9-14H2. The average molecular weight is 355 g/mol. The molecular weight excluding hydrogens is 334 g/mol. The van der Waals surface area contributed by atoms with Gasteiger partial charge in [0.1, 0.15) is 0 Å². The Labute approximate surface area is 151 Å². The van der Waals surface area contributed by atoms with E-state index >= 15 is 0 Å². The highest BCUT2D eigenvalue weighted by atomic mass is 32.1. The van der Waals surface area contributed by atoms with Crippen molar-refractivity contribution in [1.82, 2.24) is 20.1 Å². The highest BCUT2D eigenvalue weighted by Gasteiger charge is 2.17. The van der Waals surface area contributed by atoms with Gasteiger partial charge in [0.05, 0.1) is 13.2 Å². The summed E-state index contributed by atoms with van der Waals surface area (Å²) < 4.78 is 7.51. The van der Waals surface area contributed by atoms with Crippen LogP contribution in [0.3, 0.4) is 0 Å². The number of aromatic nitrogens is 3. The fourth-order valence-electron chi connectivity index (χ4n) is 2.87. The lowest BCUT2D eigenvalue weighted by Gasteiger charge is -2.25. The van der Waals surface area contributed by atoms with Crippen molar-refractivity contribution in [3.63, 3.8) is 0 Å². The van der Waals surface area contributed by atoms with E-state index in [1.807, 2.05) is 12.3 Å². The first-order chi connectivity index (χ1) is 12.4. The quantitative estimate of drug-likeness (QED) is 0.736. The Kier molecular flexibility index (Phi) is 5.06. The molecule has 7 heteroatoms. The van der Waals surface area contributed by atoms with Crippen molar-refractivity contribution in [2.45, 2.75) is 13.1 Å². The van der Waals surface area contributed by atoms with Gasteiger partial charge in [-0.05, 0) is 17.7 Å². The predicted molar refractivity (Wildman–Crippen MR) is 99.3 cm³/mol. The van der Waals surface area contributed by atoms with Crippen LogP contribution in [-0.2, 0) is 17.8 Å². The smallest absolute Gasteiger partial charge is 0.218 e. The van der Waals surface area contributed by atoms with E-state index in [4.69, 9.17) is 4.74 Å². The van der Waals surface area contributed by atoms with Crippen molar-refractivity contribution >= 4 is 16.5 Å². The molecule has 25 heavy (non-hydrogen) atoms. The summed E-state index contributed by atoms with van der Waals surface area (Å²) in [5.74, 6) is 0. The van der Waals surface area contributed by atoms with Gasteiger partial charge in [0.25, 0.3) is 0 Å². The number of hydrogen-bond acceptors (Lipinski definition) is 6. The molecule has 6 nitrogen and oxygen atoms in total. The van der Waals surface area contributed by atoms with E-state index in [0.717, 1.165) is 49.7 Å². The molecule has 0 radical (unpaired) electrons. The summed E-state index contributed by atoms with van der Waals surface area (Å²) in [4.78, 5) is 2.24. The van der Waals surface area contributed by atoms with E-state index in [1.165, 1.54) is 11.3 Å². The average Bonchev–Trinajstić information content (AvgIpc) is 3.32. The van der Waals surface area contributed by atoms with E-state index < -0.39 is 0 Å². The van der Waals surface area contributed by atoms with Crippen LogP contribution < -0.4 is 10.2 Å². The second kappa shape index (κ2) is 7.77. The molecule has 1 aliphatic heterocycles. The van der Waals surface area contributed by atoms with E-state index in [9.17, 15) is 0 Å². The van der Waals surface area contributed by atoms with Gasteiger partial charge in [-0.3, -0.25) is 4.57 Å². The molecule has 1 saturated heterocycles. The van der Waals surface area contributed by atoms with Gasteiger partial charge in [0.15, 0.2) is 0 Å². The van der Waals surface area contributed by atoms with Crippen LogP contribution in [0.2, 0.25) is 0 Å². The summed E-state index contributed by atoms with van der Waals surface area (Å²) >= 11 is 1.62. The SMILES string of the molecule is c1ccc(CNCc2cccn2-c2nnc(N3CCOCC3)s2)cc1. The molecule has 1 aliphatic rings. The fourth-order valence-corrected chi connectivity index (χ4v) is 3.78. The third-order valence-corrected chi connectivity index (χ3v) is 5.19. The summed E-state index contributed by atoms with van der Waals surface area (Å²) in [7, 11) is 0. The van der Waals surface area contributed by atoms with Gasteiger partial charge < -0.3 is 15.0 Å². The molecule has 1 N–H and O–H groups in total. The lowest BCUT2D eigenvalue weighted by atomic mass is 10.2. The van der Waals surface area contributed by atoms with Gasteiger partial charge in [-0.1, -0.05) is 41.7 Å². The zero-order valence-electron chi connectivity index (χ0n) is 14.0. The highest BCUT2D eigenvalue weighted by Crippen LogP contribution is 2.25. The fraction of sp³-hybridized carbons (Fsp3) is 0.333. The van der Waals surface area contributed by atoms with E-state index in [0.29, 0.717) is 0 Å². The molecule has 0 spiro atoms. The third kappa shape index (κ3) is 3.89. The topological polar surface area (TPSA) is 55.2 Å². The van der Waals surface area contributed by atoms with Gasteiger partial charge in [-0.2, -0.15) is 0 Å². The minimum absolute atomic E-state index is 0.757. The minimum Gasteiger partial charge on any atom is -0.378 e. The monoisotopic (exact) mass is 355 g/mol. The zero-order valence-corrected chi connectivity index (χ0v) is 14.8. The lowest BCUT2D eigenvalue weighted by Crippen LogP contribution is -2.36. The number of morpholine rings is 1. The van der Waals surface area contributed by atoms with Gasteiger partial charge in [-0.15, -0.1) is 10.2 Å². The van der Waals surface area contributed by atoms with Crippen molar-refractivity contribution in [3.8, 4) is 5.13 Å². The van der Waals surface area contributed by atoms with Gasteiger partial charge in [0.2, 0.25) is 10.3 Å². The van der Waals surface area contributed by atoms with Crippen molar-refractivity contribution in [1.29, 1.82) is 0 Å². The van der Waals surface area contributed by atoms with Crippen LogP contribution >= 0.6 is 11.3 Å². The van der Waals surface area contributed by atoms with Crippen molar-refractivity contribution in [2.24, 2.45) is 0 Å². The normalized spacial score (nSPS) is 14.8. The second-order valence-electron chi connectivity index (χ2n) is 5.93. The first kappa shape index (κ1) is 16.3. The Morgan fingerprint density at radius 1 is 0.960 bits per heavy atom. The van der Waals surface area contributed by atoms with Crippen LogP contribution in [0.25, 0.3) is 5.13 Å². The molecule has 0 saturated carbocycles. The summed E-state index contributed by atoms with van der Waals surface area (Å²) in [5, 5.41) is 14.1. The maximum Gasteiger partial charge on any atom is 0.218 e. The number of rotatable bonds is 6. The minimum atomic E-state index is 0.757. The Bertz CT molecular complexity index is 795.